The summed E-state index contributed by atoms with van der Waals surface area (Å²) in [5, 5.41) is 0. The van der Waals surface area contributed by atoms with Crippen molar-refractivity contribution in [1.29, 1.82) is 0 Å². The molecule has 1 saturated heterocycles. The Morgan fingerprint density at radius 3 is 2.38 bits per heavy atom. The summed E-state index contributed by atoms with van der Waals surface area (Å²) in [6.45, 7) is 3.24. The lowest BCUT2D eigenvalue weighted by atomic mass is 10.1. The summed E-state index contributed by atoms with van der Waals surface area (Å²) in [6, 6.07) is 15.1. The first-order chi connectivity index (χ1) is 19.1. The molecule has 13 heteroatoms. The highest BCUT2D eigenvalue weighted by atomic mass is 32.2. The van der Waals surface area contributed by atoms with Crippen molar-refractivity contribution >= 4 is 21.6 Å². The predicted molar refractivity (Wildman–Crippen MR) is 139 cm³/mol. The average molecular weight is 578 g/mol. The average Bonchev–Trinajstić information content (AvgIpc) is 3.40. The molecule has 0 aliphatic carbocycles. The zero-order valence-electron chi connectivity index (χ0n) is 21.2. The molecule has 40 heavy (non-hydrogen) atoms. The lowest BCUT2D eigenvalue weighted by Crippen LogP contribution is -2.49. The van der Waals surface area contributed by atoms with E-state index in [1.165, 1.54) is 30.3 Å². The molecule has 3 aromatic carbocycles. The van der Waals surface area contributed by atoms with Gasteiger partial charge in [-0.15, -0.1) is 0 Å². The van der Waals surface area contributed by atoms with Crippen LogP contribution in [0.4, 0.5) is 18.9 Å². The van der Waals surface area contributed by atoms with Gasteiger partial charge in [0.25, 0.3) is 15.9 Å². The number of carbonyl (C=O) groups is 1. The van der Waals surface area contributed by atoms with E-state index < -0.39 is 21.8 Å². The van der Waals surface area contributed by atoms with Gasteiger partial charge in [-0.2, -0.15) is 13.2 Å². The Labute approximate surface area is 229 Å². The van der Waals surface area contributed by atoms with Gasteiger partial charge in [0.05, 0.1) is 10.5 Å². The summed E-state index contributed by atoms with van der Waals surface area (Å²) in [4.78, 5) is 16.5. The number of hydrogen-bond acceptors (Lipinski definition) is 7. The third-order valence-electron chi connectivity index (χ3n) is 6.51. The highest BCUT2D eigenvalue weighted by molar-refractivity contribution is 7.92. The normalized spacial score (nSPS) is 15.6. The van der Waals surface area contributed by atoms with Crippen LogP contribution in [-0.2, 0) is 27.5 Å². The minimum absolute atomic E-state index is 0.165. The molecule has 5 rings (SSSR count). The van der Waals surface area contributed by atoms with Gasteiger partial charge >= 0.3 is 6.18 Å². The zero-order valence-corrected chi connectivity index (χ0v) is 22.0. The number of ether oxygens (including phenoxy) is 3. The van der Waals surface area contributed by atoms with E-state index in [1.54, 1.807) is 4.90 Å². The van der Waals surface area contributed by atoms with Crippen molar-refractivity contribution in [3.05, 3.63) is 77.9 Å². The Morgan fingerprint density at radius 2 is 1.65 bits per heavy atom. The molecule has 1 fully saturated rings. The van der Waals surface area contributed by atoms with Gasteiger partial charge in [0.1, 0.15) is 5.75 Å². The third-order valence-corrected chi connectivity index (χ3v) is 7.90. The van der Waals surface area contributed by atoms with Crippen LogP contribution < -0.4 is 18.9 Å². The fourth-order valence-electron chi connectivity index (χ4n) is 4.38. The van der Waals surface area contributed by atoms with Gasteiger partial charge in [-0.3, -0.25) is 14.4 Å². The first kappa shape index (κ1) is 27.6. The van der Waals surface area contributed by atoms with E-state index in [4.69, 9.17) is 14.2 Å². The van der Waals surface area contributed by atoms with Crippen LogP contribution in [-0.4, -0.2) is 63.7 Å². The molecular weight excluding hydrogens is 551 g/mol. The second kappa shape index (κ2) is 11.3. The van der Waals surface area contributed by atoms with Crippen molar-refractivity contribution in [3.8, 4) is 17.2 Å². The Bertz CT molecular complexity index is 1470. The first-order valence-electron chi connectivity index (χ1n) is 12.4. The van der Waals surface area contributed by atoms with Crippen molar-refractivity contribution in [2.75, 3.05) is 44.3 Å². The van der Waals surface area contributed by atoms with E-state index in [9.17, 15) is 26.4 Å². The van der Waals surface area contributed by atoms with Crippen LogP contribution in [0.1, 0.15) is 11.1 Å². The first-order valence-corrected chi connectivity index (χ1v) is 13.9. The second-order valence-corrected chi connectivity index (χ2v) is 11.0. The van der Waals surface area contributed by atoms with Crippen LogP contribution in [0.2, 0.25) is 0 Å². The second-order valence-electron chi connectivity index (χ2n) is 9.29. The summed E-state index contributed by atoms with van der Waals surface area (Å²) in [5.74, 6) is 1.57. The van der Waals surface area contributed by atoms with Crippen molar-refractivity contribution in [1.82, 2.24) is 9.80 Å². The summed E-state index contributed by atoms with van der Waals surface area (Å²) in [5.41, 5.74) is -0.0770. The maximum Gasteiger partial charge on any atom is 0.416 e. The SMILES string of the molecule is O=C(COc1ccc(S(=O)(=O)Nc2cccc(C(F)(F)F)c2)cc1)N1CCN(Cc2ccc3c(c2)OCO3)CC1. The van der Waals surface area contributed by atoms with Crippen LogP contribution in [0.5, 0.6) is 17.2 Å². The molecule has 0 radical (unpaired) electrons. The molecular formula is C27H26F3N3O6S. The quantitative estimate of drug-likeness (QED) is 0.433. The number of sulfonamides is 1. The van der Waals surface area contributed by atoms with Crippen molar-refractivity contribution < 1.29 is 40.6 Å². The lowest BCUT2D eigenvalue weighted by molar-refractivity contribution is -0.137. The Kier molecular flexibility index (Phi) is 7.76. The summed E-state index contributed by atoms with van der Waals surface area (Å²) in [7, 11) is -4.14. The molecule has 9 nitrogen and oxygen atoms in total. The topological polar surface area (TPSA) is 97.4 Å². The van der Waals surface area contributed by atoms with Crippen LogP contribution in [0.15, 0.2) is 71.6 Å². The number of halogens is 3. The van der Waals surface area contributed by atoms with Gasteiger partial charge in [-0.25, -0.2) is 8.42 Å². The monoisotopic (exact) mass is 577 g/mol. The number of piperazine rings is 1. The largest absolute Gasteiger partial charge is 0.484 e. The smallest absolute Gasteiger partial charge is 0.416 e. The number of carbonyl (C=O) groups excluding carboxylic acids is 1. The standard InChI is InChI=1S/C27H26F3N3O6S/c28-27(29,30)20-2-1-3-21(15-20)31-40(35,36)23-7-5-22(6-8-23)37-17-26(34)33-12-10-32(11-13-33)16-19-4-9-24-25(14-19)39-18-38-24/h1-9,14-15,31H,10-13,16-18H2. The molecule has 0 atom stereocenters. The van der Waals surface area contributed by atoms with Crippen LogP contribution in [0.3, 0.4) is 0 Å². The fraction of sp³-hybridized carbons (Fsp3) is 0.296. The van der Waals surface area contributed by atoms with E-state index in [-0.39, 0.29) is 35.6 Å². The molecule has 0 spiro atoms. The minimum atomic E-state index is -4.60. The fourth-order valence-corrected chi connectivity index (χ4v) is 5.43. The number of nitrogens with zero attached hydrogens (tertiary/aromatic N) is 2. The molecule has 2 aliphatic rings. The molecule has 0 unspecified atom stereocenters. The van der Waals surface area contributed by atoms with E-state index in [0.717, 1.165) is 41.8 Å². The van der Waals surface area contributed by atoms with Crippen molar-refractivity contribution in [3.63, 3.8) is 0 Å². The van der Waals surface area contributed by atoms with Gasteiger partial charge in [0.2, 0.25) is 6.79 Å². The molecule has 2 aliphatic heterocycles. The van der Waals surface area contributed by atoms with Gasteiger partial charge in [-0.1, -0.05) is 12.1 Å². The summed E-state index contributed by atoms with van der Waals surface area (Å²) in [6.07, 6.45) is -4.60. The zero-order chi connectivity index (χ0) is 28.3. The lowest BCUT2D eigenvalue weighted by Gasteiger charge is -2.34. The molecule has 2 heterocycles. The molecule has 0 bridgehead atoms. The number of nitrogens with one attached hydrogen (secondary N) is 1. The Morgan fingerprint density at radius 1 is 0.925 bits per heavy atom. The molecule has 1 amide bonds. The van der Waals surface area contributed by atoms with Gasteiger partial charge in [-0.05, 0) is 60.2 Å². The molecule has 3 aromatic rings. The van der Waals surface area contributed by atoms with Crippen molar-refractivity contribution in [2.45, 2.75) is 17.6 Å². The van der Waals surface area contributed by atoms with Gasteiger partial charge in [0, 0.05) is 38.4 Å². The third kappa shape index (κ3) is 6.59. The number of alkyl halides is 3. The van der Waals surface area contributed by atoms with E-state index >= 15 is 0 Å². The van der Waals surface area contributed by atoms with E-state index in [2.05, 4.69) is 9.62 Å². The highest BCUT2D eigenvalue weighted by Crippen LogP contribution is 2.33. The Hall–Kier alpha value is -3.97. The van der Waals surface area contributed by atoms with Crippen LogP contribution in [0.25, 0.3) is 0 Å². The molecule has 212 valence electrons. The predicted octanol–water partition coefficient (Wildman–Crippen LogP) is 3.96. The summed E-state index contributed by atoms with van der Waals surface area (Å²) < 4.78 is 82.5. The number of hydrogen-bond donors (Lipinski definition) is 1. The molecule has 0 saturated carbocycles. The number of anilines is 1. The number of benzene rings is 3. The van der Waals surface area contributed by atoms with Crippen molar-refractivity contribution in [2.24, 2.45) is 0 Å². The minimum Gasteiger partial charge on any atom is -0.484 e. The molecule has 0 aromatic heterocycles. The maximum atomic E-state index is 12.9. The number of fused-ring (bicyclic) bond motifs is 1. The van der Waals surface area contributed by atoms with Gasteiger partial charge < -0.3 is 19.1 Å². The number of amides is 1. The summed E-state index contributed by atoms with van der Waals surface area (Å²) >= 11 is 0. The van der Waals surface area contributed by atoms with E-state index in [1.807, 2.05) is 18.2 Å². The van der Waals surface area contributed by atoms with Crippen LogP contribution in [0, 0.1) is 0 Å². The van der Waals surface area contributed by atoms with Crippen LogP contribution >= 0.6 is 0 Å². The van der Waals surface area contributed by atoms with E-state index in [0.29, 0.717) is 26.2 Å². The maximum absolute atomic E-state index is 12.9. The highest BCUT2D eigenvalue weighted by Gasteiger charge is 2.31. The number of rotatable bonds is 8. The van der Waals surface area contributed by atoms with Gasteiger partial charge in [0.15, 0.2) is 18.1 Å². The Balaban J connectivity index is 1.09. The molecule has 1 N–H and O–H groups in total.